The van der Waals surface area contributed by atoms with Crippen molar-refractivity contribution in [3.63, 3.8) is 0 Å². The van der Waals surface area contributed by atoms with E-state index in [1.165, 1.54) is 0 Å². The van der Waals surface area contributed by atoms with Gasteiger partial charge in [0, 0.05) is 24.2 Å². The number of halogens is 2. The number of rotatable bonds is 7. The fourth-order valence-corrected chi connectivity index (χ4v) is 4.37. The van der Waals surface area contributed by atoms with E-state index < -0.39 is 0 Å². The predicted octanol–water partition coefficient (Wildman–Crippen LogP) is 3.46. The van der Waals surface area contributed by atoms with Crippen LogP contribution in [0.1, 0.15) is 46.2 Å². The van der Waals surface area contributed by atoms with E-state index in [-0.39, 0.29) is 30.8 Å². The minimum absolute atomic E-state index is 0.0805. The lowest BCUT2D eigenvalue weighted by Gasteiger charge is -2.30. The number of carbonyl (C=O) groups is 1. The van der Waals surface area contributed by atoms with Crippen molar-refractivity contribution < 1.29 is 24.2 Å². The molecule has 1 aromatic carbocycles. The first-order chi connectivity index (χ1) is 16.4. The number of aliphatic hydroxyl groups is 1. The SMILES string of the molecule is CCc1c(C(=O)NCc2ccc(Cl)c(Cl)c2)cc(C2=NOC(C3COC(CO)CO3)C2)nc1C. The lowest BCUT2D eigenvalue weighted by atomic mass is 9.99. The number of aromatic nitrogens is 1. The van der Waals surface area contributed by atoms with E-state index in [4.69, 9.17) is 37.5 Å². The minimum atomic E-state index is -0.311. The summed E-state index contributed by atoms with van der Waals surface area (Å²) in [5.41, 5.74) is 4.31. The van der Waals surface area contributed by atoms with Crippen LogP contribution < -0.4 is 5.32 Å². The number of carbonyl (C=O) groups excluding carboxylic acids is 1. The van der Waals surface area contributed by atoms with E-state index in [0.29, 0.717) is 59.6 Å². The normalized spacial score (nSPS) is 22.3. The van der Waals surface area contributed by atoms with E-state index in [2.05, 4.69) is 15.5 Å². The molecule has 1 amide bonds. The second-order valence-corrected chi connectivity index (χ2v) is 9.11. The largest absolute Gasteiger partial charge is 0.394 e. The smallest absolute Gasteiger partial charge is 0.251 e. The van der Waals surface area contributed by atoms with Gasteiger partial charge in [0.2, 0.25) is 0 Å². The Hall–Kier alpha value is -2.23. The Balaban J connectivity index is 1.47. The molecule has 2 aromatic rings. The van der Waals surface area contributed by atoms with Crippen molar-refractivity contribution in [2.45, 2.75) is 51.5 Å². The molecular weight excluding hydrogens is 481 g/mol. The zero-order valence-corrected chi connectivity index (χ0v) is 20.5. The molecule has 1 saturated heterocycles. The zero-order chi connectivity index (χ0) is 24.2. The molecule has 4 rings (SSSR count). The van der Waals surface area contributed by atoms with Crippen molar-refractivity contribution in [1.82, 2.24) is 10.3 Å². The summed E-state index contributed by atoms with van der Waals surface area (Å²) in [6.07, 6.45) is 0.247. The molecule has 2 aliphatic rings. The van der Waals surface area contributed by atoms with Crippen molar-refractivity contribution in [1.29, 1.82) is 0 Å². The number of hydrogen-bond donors (Lipinski definition) is 2. The maximum atomic E-state index is 13.1. The third kappa shape index (κ3) is 5.53. The Morgan fingerprint density at radius 1 is 1.18 bits per heavy atom. The summed E-state index contributed by atoms with van der Waals surface area (Å²) in [5.74, 6) is -0.204. The van der Waals surface area contributed by atoms with Gasteiger partial charge in [0.05, 0.1) is 35.6 Å². The number of nitrogens with zero attached hydrogens (tertiary/aromatic N) is 2. The number of hydrogen-bond acceptors (Lipinski definition) is 7. The third-order valence-electron chi connectivity index (χ3n) is 5.97. The standard InChI is InChI=1S/C24H27Cl2N3O5/c1-3-16-13(2)28-20(21-8-22(34-29-21)23-12-32-15(10-30)11-33-23)7-17(16)24(31)27-9-14-4-5-18(25)19(26)6-14/h4-7,15,22-23,30H,3,8-12H2,1-2H3,(H,27,31). The highest BCUT2D eigenvalue weighted by atomic mass is 35.5. The summed E-state index contributed by atoms with van der Waals surface area (Å²) in [7, 11) is 0. The average molecular weight is 508 g/mol. The van der Waals surface area contributed by atoms with Gasteiger partial charge in [0.15, 0.2) is 6.10 Å². The van der Waals surface area contributed by atoms with E-state index >= 15 is 0 Å². The summed E-state index contributed by atoms with van der Waals surface area (Å²) >= 11 is 12.1. The molecule has 0 spiro atoms. The second kappa shape index (κ2) is 11.0. The van der Waals surface area contributed by atoms with Crippen molar-refractivity contribution in [3.05, 3.63) is 62.4 Å². The first kappa shape index (κ1) is 24.9. The monoisotopic (exact) mass is 507 g/mol. The summed E-state index contributed by atoms with van der Waals surface area (Å²) < 4.78 is 11.4. The van der Waals surface area contributed by atoms with Crippen LogP contribution in [0.5, 0.6) is 0 Å². The molecule has 0 bridgehead atoms. The number of oxime groups is 1. The molecule has 3 heterocycles. The number of pyridine rings is 1. The molecule has 10 heteroatoms. The molecule has 0 radical (unpaired) electrons. The van der Waals surface area contributed by atoms with E-state index in [9.17, 15) is 9.90 Å². The molecule has 2 N–H and O–H groups in total. The minimum Gasteiger partial charge on any atom is -0.394 e. The van der Waals surface area contributed by atoms with Crippen LogP contribution in [-0.4, -0.2) is 59.8 Å². The zero-order valence-electron chi connectivity index (χ0n) is 19.0. The Morgan fingerprint density at radius 3 is 2.68 bits per heavy atom. The van der Waals surface area contributed by atoms with Crippen molar-refractivity contribution in [3.8, 4) is 0 Å². The topological polar surface area (TPSA) is 102 Å². The Kier molecular flexibility index (Phi) is 8.06. The molecule has 34 heavy (non-hydrogen) atoms. The number of benzene rings is 1. The van der Waals surface area contributed by atoms with Gasteiger partial charge in [-0.1, -0.05) is 41.3 Å². The molecular formula is C24H27Cl2N3O5. The molecule has 182 valence electrons. The highest BCUT2D eigenvalue weighted by Gasteiger charge is 2.35. The Labute approximate surface area is 208 Å². The molecule has 0 saturated carbocycles. The Morgan fingerprint density at radius 2 is 2.00 bits per heavy atom. The van der Waals surface area contributed by atoms with Gasteiger partial charge in [-0.25, -0.2) is 0 Å². The van der Waals surface area contributed by atoms with Gasteiger partial charge >= 0.3 is 0 Å². The quantitative estimate of drug-likeness (QED) is 0.594. The summed E-state index contributed by atoms with van der Waals surface area (Å²) in [6, 6.07) is 7.03. The van der Waals surface area contributed by atoms with Gasteiger partial charge < -0.3 is 24.7 Å². The second-order valence-electron chi connectivity index (χ2n) is 8.30. The number of amides is 1. The van der Waals surface area contributed by atoms with Crippen LogP contribution in [0.15, 0.2) is 29.4 Å². The molecule has 3 unspecified atom stereocenters. The fourth-order valence-electron chi connectivity index (χ4n) is 4.05. The van der Waals surface area contributed by atoms with Crippen LogP contribution in [0.4, 0.5) is 0 Å². The number of nitrogens with one attached hydrogen (secondary N) is 1. The average Bonchev–Trinajstić information content (AvgIpc) is 3.34. The van der Waals surface area contributed by atoms with E-state index in [1.807, 2.05) is 19.9 Å². The van der Waals surface area contributed by atoms with Crippen molar-refractivity contribution >= 4 is 34.8 Å². The number of aryl methyl sites for hydroxylation is 1. The maximum absolute atomic E-state index is 13.1. The summed E-state index contributed by atoms with van der Waals surface area (Å²) in [4.78, 5) is 23.4. The van der Waals surface area contributed by atoms with Crippen LogP contribution in [0, 0.1) is 6.92 Å². The lowest BCUT2D eigenvalue weighted by Crippen LogP contribution is -2.43. The van der Waals surface area contributed by atoms with Gasteiger partial charge in [0.25, 0.3) is 5.91 Å². The van der Waals surface area contributed by atoms with E-state index in [0.717, 1.165) is 16.8 Å². The fraction of sp³-hybridized carbons (Fsp3) is 0.458. The van der Waals surface area contributed by atoms with Gasteiger partial charge in [-0.3, -0.25) is 9.78 Å². The van der Waals surface area contributed by atoms with Crippen LogP contribution in [0.2, 0.25) is 10.0 Å². The Bertz CT molecular complexity index is 1090. The first-order valence-corrected chi connectivity index (χ1v) is 11.9. The van der Waals surface area contributed by atoms with Crippen molar-refractivity contribution in [2.75, 3.05) is 19.8 Å². The number of ether oxygens (including phenoxy) is 2. The summed E-state index contributed by atoms with van der Waals surface area (Å²) in [5, 5.41) is 17.3. The highest BCUT2D eigenvalue weighted by Crippen LogP contribution is 2.25. The first-order valence-electron chi connectivity index (χ1n) is 11.2. The molecule has 1 aromatic heterocycles. The van der Waals surface area contributed by atoms with Gasteiger partial charge in [-0.05, 0) is 42.7 Å². The van der Waals surface area contributed by atoms with Crippen LogP contribution in [0.3, 0.4) is 0 Å². The van der Waals surface area contributed by atoms with E-state index in [1.54, 1.807) is 18.2 Å². The van der Waals surface area contributed by atoms with Gasteiger partial charge in [0.1, 0.15) is 17.9 Å². The molecule has 3 atom stereocenters. The van der Waals surface area contributed by atoms with Crippen LogP contribution in [-0.2, 0) is 27.3 Å². The molecule has 2 aliphatic heterocycles. The predicted molar refractivity (Wildman–Crippen MR) is 129 cm³/mol. The molecule has 0 aliphatic carbocycles. The maximum Gasteiger partial charge on any atom is 0.251 e. The van der Waals surface area contributed by atoms with Gasteiger partial charge in [-0.2, -0.15) is 0 Å². The number of aliphatic hydroxyl groups excluding tert-OH is 1. The van der Waals surface area contributed by atoms with Gasteiger partial charge in [-0.15, -0.1) is 0 Å². The molecule has 1 fully saturated rings. The highest BCUT2D eigenvalue weighted by molar-refractivity contribution is 6.42. The molecule has 8 nitrogen and oxygen atoms in total. The van der Waals surface area contributed by atoms with Crippen molar-refractivity contribution in [2.24, 2.45) is 5.16 Å². The summed E-state index contributed by atoms with van der Waals surface area (Å²) in [6.45, 7) is 4.74. The van der Waals surface area contributed by atoms with Crippen LogP contribution in [0.25, 0.3) is 0 Å². The third-order valence-corrected chi connectivity index (χ3v) is 6.70. The lowest BCUT2D eigenvalue weighted by molar-refractivity contribution is -0.178. The van der Waals surface area contributed by atoms with Crippen LogP contribution >= 0.6 is 23.2 Å².